The highest BCUT2D eigenvalue weighted by Crippen LogP contribution is 2.14. The first-order valence-corrected chi connectivity index (χ1v) is 4.44. The molecule has 4 nitrogen and oxygen atoms in total. The fourth-order valence-corrected chi connectivity index (χ4v) is 1.19. The van der Waals surface area contributed by atoms with Crippen molar-refractivity contribution in [1.82, 2.24) is 0 Å². The molecule has 1 heterocycles. The molecule has 0 saturated carbocycles. The van der Waals surface area contributed by atoms with Gasteiger partial charge in [0.1, 0.15) is 5.92 Å². The fourth-order valence-electron chi connectivity index (χ4n) is 1.19. The fraction of sp³-hybridized carbons (Fsp3) is 0.667. The smallest absolute Gasteiger partial charge is 0.320 e. The molecule has 1 rings (SSSR count). The van der Waals surface area contributed by atoms with Gasteiger partial charge in [-0.15, -0.1) is 0 Å². The van der Waals surface area contributed by atoms with Gasteiger partial charge in [0, 0.05) is 6.21 Å². The number of hydrogen-bond donors (Lipinski definition) is 0. The van der Waals surface area contributed by atoms with Crippen LogP contribution >= 0.6 is 0 Å². The van der Waals surface area contributed by atoms with E-state index < -0.39 is 0 Å². The standard InChI is InChI=1S/C9H14N2O2/c1-4-13-9(12)7-5-10-11-8(7)6(2)3/h5-7H,4H2,1-3H3/t7-/m1/s1. The lowest BCUT2D eigenvalue weighted by Crippen LogP contribution is -2.28. The molecule has 0 fully saturated rings. The van der Waals surface area contributed by atoms with Gasteiger partial charge in [-0.1, -0.05) is 13.8 Å². The Morgan fingerprint density at radius 2 is 2.38 bits per heavy atom. The van der Waals surface area contributed by atoms with Crippen LogP contribution in [0.1, 0.15) is 20.8 Å². The second kappa shape index (κ2) is 4.16. The first-order valence-electron chi connectivity index (χ1n) is 4.44. The van der Waals surface area contributed by atoms with E-state index in [4.69, 9.17) is 4.74 Å². The molecule has 1 aliphatic rings. The molecule has 0 saturated heterocycles. The van der Waals surface area contributed by atoms with Crippen LogP contribution < -0.4 is 0 Å². The predicted octanol–water partition coefficient (Wildman–Crippen LogP) is 1.26. The van der Waals surface area contributed by atoms with Crippen LogP contribution in [0.4, 0.5) is 0 Å². The highest BCUT2D eigenvalue weighted by Gasteiger charge is 2.29. The van der Waals surface area contributed by atoms with Crippen LogP contribution in [-0.4, -0.2) is 24.5 Å². The van der Waals surface area contributed by atoms with Crippen molar-refractivity contribution >= 4 is 17.9 Å². The van der Waals surface area contributed by atoms with Gasteiger partial charge in [-0.05, 0) is 12.8 Å². The average molecular weight is 182 g/mol. The molecule has 1 aliphatic heterocycles. The van der Waals surface area contributed by atoms with Crippen molar-refractivity contribution in [2.24, 2.45) is 22.0 Å². The number of rotatable bonds is 3. The SMILES string of the molecule is CCOC(=O)[C@@H]1C=NN=C1C(C)C. The summed E-state index contributed by atoms with van der Waals surface area (Å²) in [6.07, 6.45) is 1.54. The summed E-state index contributed by atoms with van der Waals surface area (Å²) in [5, 5.41) is 7.64. The van der Waals surface area contributed by atoms with Gasteiger partial charge in [-0.2, -0.15) is 10.2 Å². The van der Waals surface area contributed by atoms with Gasteiger partial charge >= 0.3 is 5.97 Å². The minimum atomic E-state index is -0.361. The minimum absolute atomic E-state index is 0.233. The molecule has 0 spiro atoms. The second-order valence-corrected chi connectivity index (χ2v) is 3.17. The van der Waals surface area contributed by atoms with Crippen LogP contribution in [0.2, 0.25) is 0 Å². The van der Waals surface area contributed by atoms with Crippen molar-refractivity contribution in [2.75, 3.05) is 6.61 Å². The summed E-state index contributed by atoms with van der Waals surface area (Å²) in [5.41, 5.74) is 0.790. The lowest BCUT2D eigenvalue weighted by atomic mass is 9.96. The van der Waals surface area contributed by atoms with Gasteiger partial charge in [-0.3, -0.25) is 4.79 Å². The maximum atomic E-state index is 11.4. The van der Waals surface area contributed by atoms with E-state index in [-0.39, 0.29) is 17.8 Å². The normalized spacial score (nSPS) is 20.6. The topological polar surface area (TPSA) is 51.0 Å². The monoisotopic (exact) mass is 182 g/mol. The summed E-state index contributed by atoms with van der Waals surface area (Å²) in [6.45, 7) is 6.16. The van der Waals surface area contributed by atoms with Crippen LogP contribution in [0.25, 0.3) is 0 Å². The van der Waals surface area contributed by atoms with Crippen LogP contribution in [0, 0.1) is 11.8 Å². The molecule has 72 valence electrons. The molecule has 1 atom stereocenters. The van der Waals surface area contributed by atoms with E-state index in [2.05, 4.69) is 10.2 Å². The zero-order valence-corrected chi connectivity index (χ0v) is 8.15. The van der Waals surface area contributed by atoms with E-state index in [1.807, 2.05) is 13.8 Å². The average Bonchev–Trinajstić information content (AvgIpc) is 2.52. The molecule has 13 heavy (non-hydrogen) atoms. The third-order valence-corrected chi connectivity index (χ3v) is 1.84. The predicted molar refractivity (Wildman–Crippen MR) is 50.9 cm³/mol. The van der Waals surface area contributed by atoms with Gasteiger partial charge in [0.2, 0.25) is 0 Å². The molecule has 4 heteroatoms. The molecule has 0 amide bonds. The highest BCUT2D eigenvalue weighted by atomic mass is 16.5. The Balaban J connectivity index is 2.65. The number of ether oxygens (including phenoxy) is 1. The van der Waals surface area contributed by atoms with Gasteiger partial charge in [0.05, 0.1) is 12.3 Å². The number of nitrogens with zero attached hydrogens (tertiary/aromatic N) is 2. The number of esters is 1. The number of hydrogen-bond acceptors (Lipinski definition) is 4. The highest BCUT2D eigenvalue weighted by molar-refractivity contribution is 6.16. The third-order valence-electron chi connectivity index (χ3n) is 1.84. The number of carbonyl (C=O) groups is 1. The summed E-state index contributed by atoms with van der Waals surface area (Å²) in [4.78, 5) is 11.4. The summed E-state index contributed by atoms with van der Waals surface area (Å²) in [7, 11) is 0. The van der Waals surface area contributed by atoms with Crippen molar-refractivity contribution in [3.63, 3.8) is 0 Å². The summed E-state index contributed by atoms with van der Waals surface area (Å²) in [6, 6.07) is 0. The largest absolute Gasteiger partial charge is 0.465 e. The molecule has 0 aromatic carbocycles. The Kier molecular flexibility index (Phi) is 3.17. The van der Waals surface area contributed by atoms with Crippen molar-refractivity contribution in [3.8, 4) is 0 Å². The molecule has 0 unspecified atom stereocenters. The third kappa shape index (κ3) is 2.14. The maximum Gasteiger partial charge on any atom is 0.320 e. The Morgan fingerprint density at radius 1 is 1.69 bits per heavy atom. The summed E-state index contributed by atoms with van der Waals surface area (Å²) in [5.74, 6) is -0.381. The zero-order chi connectivity index (χ0) is 9.84. The Morgan fingerprint density at radius 3 is 2.92 bits per heavy atom. The summed E-state index contributed by atoms with van der Waals surface area (Å²) >= 11 is 0. The Labute approximate surface area is 77.7 Å². The van der Waals surface area contributed by atoms with Crippen molar-refractivity contribution in [1.29, 1.82) is 0 Å². The van der Waals surface area contributed by atoms with E-state index >= 15 is 0 Å². The summed E-state index contributed by atoms with van der Waals surface area (Å²) < 4.78 is 4.90. The van der Waals surface area contributed by atoms with E-state index in [1.54, 1.807) is 6.92 Å². The quantitative estimate of drug-likeness (QED) is 0.617. The van der Waals surface area contributed by atoms with Crippen LogP contribution in [0.15, 0.2) is 10.2 Å². The van der Waals surface area contributed by atoms with Crippen molar-refractivity contribution < 1.29 is 9.53 Å². The molecule has 0 aliphatic carbocycles. The molecule has 0 aromatic heterocycles. The van der Waals surface area contributed by atoms with E-state index in [0.717, 1.165) is 5.71 Å². The molecular formula is C9H14N2O2. The lowest BCUT2D eigenvalue weighted by molar-refractivity contribution is -0.143. The minimum Gasteiger partial charge on any atom is -0.465 e. The Bertz CT molecular complexity index is 256. The second-order valence-electron chi connectivity index (χ2n) is 3.17. The first-order chi connectivity index (χ1) is 6.16. The molecule has 0 radical (unpaired) electrons. The van der Waals surface area contributed by atoms with E-state index in [1.165, 1.54) is 6.21 Å². The van der Waals surface area contributed by atoms with Crippen molar-refractivity contribution in [3.05, 3.63) is 0 Å². The van der Waals surface area contributed by atoms with Crippen LogP contribution in [-0.2, 0) is 9.53 Å². The van der Waals surface area contributed by atoms with Crippen LogP contribution in [0.3, 0.4) is 0 Å². The molecule has 0 N–H and O–H groups in total. The molecular weight excluding hydrogens is 168 g/mol. The Hall–Kier alpha value is -1.19. The van der Waals surface area contributed by atoms with Crippen molar-refractivity contribution in [2.45, 2.75) is 20.8 Å². The van der Waals surface area contributed by atoms with E-state index in [0.29, 0.717) is 6.61 Å². The van der Waals surface area contributed by atoms with Gasteiger partial charge < -0.3 is 4.74 Å². The maximum absolute atomic E-state index is 11.4. The first kappa shape index (κ1) is 9.89. The van der Waals surface area contributed by atoms with Crippen LogP contribution in [0.5, 0.6) is 0 Å². The zero-order valence-electron chi connectivity index (χ0n) is 8.15. The molecule has 0 bridgehead atoms. The molecule has 0 aromatic rings. The van der Waals surface area contributed by atoms with E-state index in [9.17, 15) is 4.79 Å². The lowest BCUT2D eigenvalue weighted by Gasteiger charge is -2.11. The van der Waals surface area contributed by atoms with Gasteiger partial charge in [0.15, 0.2) is 0 Å². The van der Waals surface area contributed by atoms with Gasteiger partial charge in [-0.25, -0.2) is 0 Å². The number of carbonyl (C=O) groups excluding carboxylic acids is 1. The van der Waals surface area contributed by atoms with Gasteiger partial charge in [0.25, 0.3) is 0 Å².